The molecule has 0 aliphatic carbocycles. The van der Waals surface area contributed by atoms with Gasteiger partial charge in [0, 0.05) is 12.1 Å². The van der Waals surface area contributed by atoms with E-state index >= 15 is 0 Å². The van der Waals surface area contributed by atoms with Crippen molar-refractivity contribution in [3.05, 3.63) is 205 Å². The summed E-state index contributed by atoms with van der Waals surface area (Å²) in [6, 6.07) is 56.4. The maximum atomic E-state index is 13.1. The van der Waals surface area contributed by atoms with Crippen molar-refractivity contribution in [2.75, 3.05) is 39.4 Å². The summed E-state index contributed by atoms with van der Waals surface area (Å²) in [6.45, 7) is 7.84. The Hall–Kier alpha value is -6.96. The number of carbonyl (C=O) groups excluding carboxylic acids is 1. The minimum absolute atomic E-state index is 0.146. The SMILES string of the molecule is COc1ccc(C(OC[C@H](CO[Si](c2ccccc2)(c2ccccc2)C(C)(C)C)OCCn2cnc3c(NC(=O)c4ccccc4)ncnc32)(c2ccccc2)c2ccc(OC)cc2)cc1. The highest BCUT2D eigenvalue weighted by molar-refractivity contribution is 6.99. The van der Waals surface area contributed by atoms with Crippen LogP contribution in [-0.4, -0.2) is 73.9 Å². The molecule has 0 saturated heterocycles. The summed E-state index contributed by atoms with van der Waals surface area (Å²) in [4.78, 5) is 26.6. The van der Waals surface area contributed by atoms with E-state index in [1.165, 1.54) is 6.33 Å². The number of fused-ring (bicyclic) bond motifs is 1. The van der Waals surface area contributed by atoms with E-state index in [2.05, 4.69) is 102 Å². The molecule has 1 N–H and O–H groups in total. The number of nitrogens with one attached hydrogen (secondary N) is 1. The standard InChI is InChI=1S/C54H55N5O6Si/c1-53(2,3)66(47-22-14-8-15-23-47,48-24-16-9-17-25-48)65-37-46(63-35-34-59-39-57-49-50(55-38-56-51(49)59)58-52(60)40-18-10-6-11-19-40)36-64-54(41-20-12-7-13-21-41,42-26-30-44(61-4)31-27-42)43-28-32-45(62-5)33-29-43/h6-33,38-39,46H,34-37H2,1-5H3,(H,55,56,58,60)/t46-/m1/s1. The molecule has 336 valence electrons. The lowest BCUT2D eigenvalue weighted by Crippen LogP contribution is -2.67. The van der Waals surface area contributed by atoms with Crippen molar-refractivity contribution in [1.29, 1.82) is 0 Å². The number of ether oxygens (including phenoxy) is 4. The average Bonchev–Trinajstić information content (AvgIpc) is 3.79. The number of nitrogens with zero attached hydrogens (tertiary/aromatic N) is 4. The van der Waals surface area contributed by atoms with E-state index in [0.29, 0.717) is 29.1 Å². The molecule has 66 heavy (non-hydrogen) atoms. The topological polar surface area (TPSA) is 119 Å². The van der Waals surface area contributed by atoms with Crippen molar-refractivity contribution < 1.29 is 28.2 Å². The molecule has 0 saturated carbocycles. The van der Waals surface area contributed by atoms with Crippen LogP contribution in [0.15, 0.2) is 183 Å². The van der Waals surface area contributed by atoms with Crippen LogP contribution >= 0.6 is 0 Å². The van der Waals surface area contributed by atoms with Crippen LogP contribution in [0.1, 0.15) is 47.8 Å². The predicted octanol–water partition coefficient (Wildman–Crippen LogP) is 9.07. The van der Waals surface area contributed by atoms with Gasteiger partial charge in [-0.05, 0) is 68.5 Å². The molecule has 6 aromatic carbocycles. The fourth-order valence-electron chi connectivity index (χ4n) is 8.64. The van der Waals surface area contributed by atoms with Crippen molar-refractivity contribution in [2.24, 2.45) is 0 Å². The highest BCUT2D eigenvalue weighted by atomic mass is 28.4. The number of hydrogen-bond acceptors (Lipinski definition) is 9. The summed E-state index contributed by atoms with van der Waals surface area (Å²) in [6.07, 6.45) is 2.56. The molecule has 8 rings (SSSR count). The van der Waals surface area contributed by atoms with Crippen molar-refractivity contribution in [3.8, 4) is 11.5 Å². The smallest absolute Gasteiger partial charge is 0.261 e. The van der Waals surface area contributed by atoms with Crippen LogP contribution in [0.25, 0.3) is 11.2 Å². The van der Waals surface area contributed by atoms with Gasteiger partial charge in [0.15, 0.2) is 17.0 Å². The van der Waals surface area contributed by atoms with Gasteiger partial charge in [-0.3, -0.25) is 4.79 Å². The van der Waals surface area contributed by atoms with Gasteiger partial charge in [0.25, 0.3) is 14.2 Å². The third-order valence-corrected chi connectivity index (χ3v) is 16.9. The van der Waals surface area contributed by atoms with E-state index in [1.54, 1.807) is 32.7 Å². The number of anilines is 1. The average molecular weight is 898 g/mol. The Morgan fingerprint density at radius 1 is 0.636 bits per heavy atom. The minimum Gasteiger partial charge on any atom is -0.497 e. The second-order valence-corrected chi connectivity index (χ2v) is 21.2. The molecule has 0 bridgehead atoms. The molecule has 11 nitrogen and oxygen atoms in total. The molecular weight excluding hydrogens is 843 g/mol. The van der Waals surface area contributed by atoms with E-state index in [0.717, 1.165) is 38.6 Å². The summed E-state index contributed by atoms with van der Waals surface area (Å²) in [7, 11) is 0.321. The molecule has 1 atom stereocenters. The first-order valence-electron chi connectivity index (χ1n) is 22.0. The number of rotatable bonds is 19. The minimum atomic E-state index is -3.00. The Balaban J connectivity index is 1.16. The molecule has 0 aliphatic heterocycles. The molecule has 0 fully saturated rings. The molecule has 12 heteroatoms. The Bertz CT molecular complexity index is 2700. The van der Waals surface area contributed by atoms with E-state index in [9.17, 15) is 4.79 Å². The summed E-state index contributed by atoms with van der Waals surface area (Å²) in [5, 5.41) is 4.96. The first kappa shape index (κ1) is 45.6. The zero-order valence-electron chi connectivity index (χ0n) is 38.0. The van der Waals surface area contributed by atoms with Crippen LogP contribution < -0.4 is 25.2 Å². The number of hydrogen-bond donors (Lipinski definition) is 1. The normalized spacial score (nSPS) is 12.4. The summed E-state index contributed by atoms with van der Waals surface area (Å²) in [5.74, 6) is 1.51. The predicted molar refractivity (Wildman–Crippen MR) is 261 cm³/mol. The number of methoxy groups -OCH3 is 2. The van der Waals surface area contributed by atoms with Crippen molar-refractivity contribution >= 4 is 41.6 Å². The van der Waals surface area contributed by atoms with Crippen LogP contribution in [-0.2, 0) is 26.0 Å². The maximum Gasteiger partial charge on any atom is 0.261 e. The molecule has 1 amide bonds. The number of imidazole rings is 1. The Morgan fingerprint density at radius 3 is 1.68 bits per heavy atom. The fourth-order valence-corrected chi connectivity index (χ4v) is 13.2. The Morgan fingerprint density at radius 2 is 1.15 bits per heavy atom. The van der Waals surface area contributed by atoms with Gasteiger partial charge in [0.1, 0.15) is 29.5 Å². The quantitative estimate of drug-likeness (QED) is 0.0627. The summed E-state index contributed by atoms with van der Waals surface area (Å²) >= 11 is 0. The molecule has 0 spiro atoms. The maximum absolute atomic E-state index is 13.1. The number of carbonyl (C=O) groups is 1. The Labute approximate surface area is 387 Å². The van der Waals surface area contributed by atoms with Gasteiger partial charge in [-0.2, -0.15) is 0 Å². The largest absolute Gasteiger partial charge is 0.497 e. The summed E-state index contributed by atoms with van der Waals surface area (Å²) in [5.41, 5.74) is 3.22. The first-order chi connectivity index (χ1) is 32.2. The monoisotopic (exact) mass is 897 g/mol. The molecule has 2 heterocycles. The molecular formula is C54H55N5O6Si. The lowest BCUT2D eigenvalue weighted by molar-refractivity contribution is -0.0798. The van der Waals surface area contributed by atoms with E-state index in [1.807, 2.05) is 102 Å². The van der Waals surface area contributed by atoms with Crippen LogP contribution in [0, 0.1) is 0 Å². The Kier molecular flexibility index (Phi) is 14.1. The van der Waals surface area contributed by atoms with Crippen LogP contribution in [0.4, 0.5) is 5.82 Å². The van der Waals surface area contributed by atoms with E-state index in [-0.39, 0.29) is 30.8 Å². The van der Waals surface area contributed by atoms with Crippen molar-refractivity contribution in [2.45, 2.75) is 44.1 Å². The zero-order valence-corrected chi connectivity index (χ0v) is 39.0. The highest BCUT2D eigenvalue weighted by Gasteiger charge is 2.50. The number of amides is 1. The third-order valence-electron chi connectivity index (χ3n) is 11.9. The van der Waals surface area contributed by atoms with Gasteiger partial charge < -0.3 is 33.3 Å². The molecule has 0 unspecified atom stereocenters. The lowest BCUT2D eigenvalue weighted by Gasteiger charge is -2.44. The second kappa shape index (κ2) is 20.5. The first-order valence-corrected chi connectivity index (χ1v) is 23.9. The summed E-state index contributed by atoms with van der Waals surface area (Å²) < 4.78 is 35.1. The van der Waals surface area contributed by atoms with Gasteiger partial charge >= 0.3 is 0 Å². The van der Waals surface area contributed by atoms with E-state index < -0.39 is 20.0 Å². The molecule has 2 aromatic heterocycles. The van der Waals surface area contributed by atoms with Gasteiger partial charge in [-0.15, -0.1) is 0 Å². The van der Waals surface area contributed by atoms with Crippen molar-refractivity contribution in [3.63, 3.8) is 0 Å². The van der Waals surface area contributed by atoms with Gasteiger partial charge in [0.2, 0.25) is 0 Å². The third kappa shape index (κ3) is 9.54. The van der Waals surface area contributed by atoms with Gasteiger partial charge in [0.05, 0.1) is 40.4 Å². The fraction of sp³-hybridized carbons (Fsp3) is 0.222. The highest BCUT2D eigenvalue weighted by Crippen LogP contribution is 2.42. The zero-order chi connectivity index (χ0) is 46.0. The van der Waals surface area contributed by atoms with Gasteiger partial charge in [-0.25, -0.2) is 15.0 Å². The van der Waals surface area contributed by atoms with E-state index in [4.69, 9.17) is 23.4 Å². The van der Waals surface area contributed by atoms with Crippen LogP contribution in [0.2, 0.25) is 5.04 Å². The lowest BCUT2D eigenvalue weighted by atomic mass is 9.80. The van der Waals surface area contributed by atoms with Crippen LogP contribution in [0.5, 0.6) is 11.5 Å². The van der Waals surface area contributed by atoms with Crippen LogP contribution in [0.3, 0.4) is 0 Å². The second-order valence-electron chi connectivity index (χ2n) is 16.9. The number of benzene rings is 6. The molecule has 0 radical (unpaired) electrons. The van der Waals surface area contributed by atoms with Crippen molar-refractivity contribution in [1.82, 2.24) is 19.5 Å². The molecule has 8 aromatic rings. The number of aromatic nitrogens is 4. The van der Waals surface area contributed by atoms with Gasteiger partial charge in [-0.1, -0.05) is 154 Å². The molecule has 0 aliphatic rings.